The minimum Gasteiger partial charge on any atom is -0.368 e. The van der Waals surface area contributed by atoms with Crippen LogP contribution in [0.1, 0.15) is 18.3 Å². The van der Waals surface area contributed by atoms with E-state index in [2.05, 4.69) is 48.3 Å². The fourth-order valence-electron chi connectivity index (χ4n) is 2.82. The fourth-order valence-corrected chi connectivity index (χ4v) is 3.63. The third-order valence-electron chi connectivity index (χ3n) is 4.17. The van der Waals surface area contributed by atoms with Crippen LogP contribution in [0, 0.1) is 0 Å². The lowest BCUT2D eigenvalue weighted by molar-refractivity contribution is 0.784. The minimum absolute atomic E-state index is 0.177. The number of anilines is 3. The normalized spacial score (nSPS) is 11.1. The second-order valence-corrected chi connectivity index (χ2v) is 7.01. The van der Waals surface area contributed by atoms with E-state index in [4.69, 9.17) is 5.73 Å². The summed E-state index contributed by atoms with van der Waals surface area (Å²) >= 11 is 1.51. The summed E-state index contributed by atoms with van der Waals surface area (Å²) in [4.78, 5) is 21.6. The van der Waals surface area contributed by atoms with Crippen molar-refractivity contribution in [3.63, 3.8) is 0 Å². The average Bonchev–Trinajstić information content (AvgIpc) is 3.08. The molecule has 0 unspecified atom stereocenters. The molecule has 0 radical (unpaired) electrons. The quantitative estimate of drug-likeness (QED) is 0.376. The highest BCUT2D eigenvalue weighted by Gasteiger charge is 2.11. The molecule has 0 bridgehead atoms. The molecule has 0 atom stereocenters. The first-order valence-electron chi connectivity index (χ1n) is 8.75. The Morgan fingerprint density at radius 1 is 1.14 bits per heavy atom. The van der Waals surface area contributed by atoms with Crippen molar-refractivity contribution < 1.29 is 0 Å². The van der Waals surface area contributed by atoms with E-state index in [1.54, 1.807) is 10.9 Å². The first-order valence-corrected chi connectivity index (χ1v) is 9.73. The highest BCUT2D eigenvalue weighted by Crippen LogP contribution is 2.26. The zero-order chi connectivity index (χ0) is 19.5. The summed E-state index contributed by atoms with van der Waals surface area (Å²) in [5.41, 5.74) is 8.82. The molecule has 4 rings (SSSR count). The van der Waals surface area contributed by atoms with E-state index in [1.807, 2.05) is 25.2 Å². The SMILES string of the molecule is CCc1ccccc1Nc1nc(N)nc(CSc2ncnc3c2cnn3C)n1. The highest BCUT2D eigenvalue weighted by atomic mass is 32.2. The molecule has 3 aromatic heterocycles. The molecule has 3 N–H and O–H groups in total. The van der Waals surface area contributed by atoms with Crippen LogP contribution in [0.3, 0.4) is 0 Å². The summed E-state index contributed by atoms with van der Waals surface area (Å²) in [6.45, 7) is 2.10. The molecule has 10 heteroatoms. The van der Waals surface area contributed by atoms with Crippen molar-refractivity contribution in [2.45, 2.75) is 24.1 Å². The monoisotopic (exact) mass is 393 g/mol. The van der Waals surface area contributed by atoms with E-state index in [-0.39, 0.29) is 5.95 Å². The summed E-state index contributed by atoms with van der Waals surface area (Å²) < 4.78 is 1.72. The molecule has 0 fully saturated rings. The first-order chi connectivity index (χ1) is 13.6. The second-order valence-electron chi connectivity index (χ2n) is 6.04. The summed E-state index contributed by atoms with van der Waals surface area (Å²) in [6.07, 6.45) is 4.19. The minimum atomic E-state index is 0.177. The lowest BCUT2D eigenvalue weighted by Crippen LogP contribution is -2.07. The van der Waals surface area contributed by atoms with Gasteiger partial charge in [-0.25, -0.2) is 9.97 Å². The molecule has 1 aromatic carbocycles. The Kier molecular flexibility index (Phi) is 5.02. The van der Waals surface area contributed by atoms with Crippen LogP contribution in [0.25, 0.3) is 11.0 Å². The van der Waals surface area contributed by atoms with Crippen LogP contribution in [-0.2, 0) is 19.2 Å². The predicted octanol–water partition coefficient (Wildman–Crippen LogP) is 2.73. The van der Waals surface area contributed by atoms with Gasteiger partial charge in [-0.15, -0.1) is 0 Å². The molecule has 28 heavy (non-hydrogen) atoms. The van der Waals surface area contributed by atoms with Gasteiger partial charge >= 0.3 is 0 Å². The number of fused-ring (bicyclic) bond motifs is 1. The van der Waals surface area contributed by atoms with Crippen LogP contribution < -0.4 is 11.1 Å². The number of nitrogens with zero attached hydrogens (tertiary/aromatic N) is 7. The average molecular weight is 393 g/mol. The van der Waals surface area contributed by atoms with Gasteiger partial charge in [0.25, 0.3) is 0 Å². The van der Waals surface area contributed by atoms with Gasteiger partial charge in [0.1, 0.15) is 17.2 Å². The highest BCUT2D eigenvalue weighted by molar-refractivity contribution is 7.98. The smallest absolute Gasteiger partial charge is 0.232 e. The van der Waals surface area contributed by atoms with Crippen molar-refractivity contribution in [2.24, 2.45) is 7.05 Å². The Bertz CT molecular complexity index is 1130. The van der Waals surface area contributed by atoms with Crippen LogP contribution in [-0.4, -0.2) is 34.7 Å². The number of aryl methyl sites for hydroxylation is 2. The van der Waals surface area contributed by atoms with Crippen molar-refractivity contribution in [3.05, 3.63) is 48.2 Å². The summed E-state index contributed by atoms with van der Waals surface area (Å²) in [7, 11) is 1.85. The van der Waals surface area contributed by atoms with Crippen LogP contribution in [0.2, 0.25) is 0 Å². The van der Waals surface area contributed by atoms with E-state index in [0.29, 0.717) is 17.5 Å². The Balaban J connectivity index is 1.55. The van der Waals surface area contributed by atoms with Crippen LogP contribution in [0.4, 0.5) is 17.6 Å². The fraction of sp³-hybridized carbons (Fsp3) is 0.222. The third kappa shape index (κ3) is 3.72. The molecule has 0 aliphatic heterocycles. The first kappa shape index (κ1) is 18.1. The molecule has 3 heterocycles. The largest absolute Gasteiger partial charge is 0.368 e. The maximum atomic E-state index is 5.90. The lowest BCUT2D eigenvalue weighted by Gasteiger charge is -2.10. The third-order valence-corrected chi connectivity index (χ3v) is 5.18. The van der Waals surface area contributed by atoms with Gasteiger partial charge in [-0.3, -0.25) is 4.68 Å². The van der Waals surface area contributed by atoms with Crippen LogP contribution in [0.5, 0.6) is 0 Å². The van der Waals surface area contributed by atoms with Gasteiger partial charge in [0.05, 0.1) is 17.3 Å². The molecule has 0 amide bonds. The number of hydrogen-bond donors (Lipinski definition) is 2. The molecular formula is C18H19N9S. The molecule has 0 aliphatic carbocycles. The zero-order valence-corrected chi connectivity index (χ0v) is 16.3. The maximum Gasteiger partial charge on any atom is 0.232 e. The second kappa shape index (κ2) is 7.77. The number of rotatable bonds is 6. The van der Waals surface area contributed by atoms with Gasteiger partial charge in [0.2, 0.25) is 11.9 Å². The van der Waals surface area contributed by atoms with E-state index in [0.717, 1.165) is 28.2 Å². The number of para-hydroxylation sites is 1. The molecule has 142 valence electrons. The van der Waals surface area contributed by atoms with Crippen molar-refractivity contribution in [1.29, 1.82) is 0 Å². The van der Waals surface area contributed by atoms with Crippen molar-refractivity contribution in [3.8, 4) is 0 Å². The van der Waals surface area contributed by atoms with E-state index in [9.17, 15) is 0 Å². The van der Waals surface area contributed by atoms with E-state index in [1.165, 1.54) is 23.7 Å². The van der Waals surface area contributed by atoms with Gasteiger partial charge in [0.15, 0.2) is 5.65 Å². The number of nitrogens with one attached hydrogen (secondary N) is 1. The van der Waals surface area contributed by atoms with Crippen molar-refractivity contribution in [2.75, 3.05) is 11.1 Å². The topological polar surface area (TPSA) is 120 Å². The number of hydrogen-bond acceptors (Lipinski definition) is 9. The Morgan fingerprint density at radius 2 is 2.00 bits per heavy atom. The molecule has 9 nitrogen and oxygen atoms in total. The van der Waals surface area contributed by atoms with Crippen LogP contribution in [0.15, 0.2) is 41.8 Å². The Morgan fingerprint density at radius 3 is 2.86 bits per heavy atom. The number of nitrogens with two attached hydrogens (primary N) is 1. The number of aromatic nitrogens is 7. The van der Waals surface area contributed by atoms with E-state index >= 15 is 0 Å². The summed E-state index contributed by atoms with van der Waals surface area (Å²) in [6, 6.07) is 8.04. The summed E-state index contributed by atoms with van der Waals surface area (Å²) in [5, 5.41) is 9.20. The van der Waals surface area contributed by atoms with Crippen LogP contribution >= 0.6 is 11.8 Å². The number of benzene rings is 1. The standard InChI is InChI=1S/C18H19N9S/c1-3-11-6-4-5-7-13(11)23-18-25-14(24-17(19)26-18)9-28-16-12-8-22-27(2)15(12)20-10-21-16/h4-8,10H,3,9H2,1-2H3,(H3,19,23,24,25,26). The van der Waals surface area contributed by atoms with Crippen molar-refractivity contribution in [1.82, 2.24) is 34.7 Å². The van der Waals surface area contributed by atoms with Gasteiger partial charge in [0, 0.05) is 12.7 Å². The van der Waals surface area contributed by atoms with Crippen molar-refractivity contribution >= 4 is 40.4 Å². The van der Waals surface area contributed by atoms with Gasteiger partial charge in [-0.05, 0) is 18.1 Å². The molecule has 0 saturated heterocycles. The summed E-state index contributed by atoms with van der Waals surface area (Å²) in [5.74, 6) is 1.68. The molecule has 4 aromatic rings. The lowest BCUT2D eigenvalue weighted by atomic mass is 10.1. The predicted molar refractivity (Wildman–Crippen MR) is 109 cm³/mol. The Labute approximate surface area is 165 Å². The van der Waals surface area contributed by atoms with Gasteiger partial charge in [-0.2, -0.15) is 20.1 Å². The molecular weight excluding hydrogens is 374 g/mol. The zero-order valence-electron chi connectivity index (χ0n) is 15.5. The maximum absolute atomic E-state index is 5.90. The Hall–Kier alpha value is -3.27. The molecule has 0 saturated carbocycles. The number of nitrogen functional groups attached to an aromatic ring is 1. The van der Waals surface area contributed by atoms with Gasteiger partial charge in [-0.1, -0.05) is 36.9 Å². The molecule has 0 spiro atoms. The number of thioether (sulfide) groups is 1. The van der Waals surface area contributed by atoms with Gasteiger partial charge < -0.3 is 11.1 Å². The molecule has 0 aliphatic rings. The van der Waals surface area contributed by atoms with E-state index < -0.39 is 0 Å².